The highest BCUT2D eigenvalue weighted by Gasteiger charge is 2.39. The Bertz CT molecular complexity index is 458. The number of nitrogens with two attached hydrogens (primary N) is 1. The number of nitrogens with one attached hydrogen (secondary N) is 1. The molecule has 1 saturated carbocycles. The van der Waals surface area contributed by atoms with E-state index in [9.17, 15) is 4.79 Å². The molecule has 0 bridgehead atoms. The van der Waals surface area contributed by atoms with Gasteiger partial charge in [-0.1, -0.05) is 24.4 Å². The van der Waals surface area contributed by atoms with E-state index in [4.69, 9.17) is 17.3 Å². The molecule has 1 fully saturated rings. The summed E-state index contributed by atoms with van der Waals surface area (Å²) in [5, 5.41) is 3.53. The van der Waals surface area contributed by atoms with Crippen LogP contribution in [-0.4, -0.2) is 12.5 Å². The third-order valence-electron chi connectivity index (χ3n) is 3.61. The number of anilines is 1. The maximum atomic E-state index is 12.4. The summed E-state index contributed by atoms with van der Waals surface area (Å²) in [4.78, 5) is 12.4. The van der Waals surface area contributed by atoms with Gasteiger partial charge in [0.05, 0.1) is 11.1 Å². The smallest absolute Gasteiger partial charge is 0.231 e. The van der Waals surface area contributed by atoms with Crippen LogP contribution in [0.3, 0.4) is 0 Å². The number of rotatable bonds is 3. The largest absolute Gasteiger partial charge is 0.329 e. The predicted molar refractivity (Wildman–Crippen MR) is 77.7 cm³/mol. The first-order valence-electron chi connectivity index (χ1n) is 6.04. The zero-order valence-corrected chi connectivity index (χ0v) is 12.4. The van der Waals surface area contributed by atoms with Crippen molar-refractivity contribution in [3.05, 3.63) is 27.7 Å². The summed E-state index contributed by atoms with van der Waals surface area (Å²) in [5.74, 6) is 0.00506. The van der Waals surface area contributed by atoms with Crippen LogP contribution in [0.2, 0.25) is 5.02 Å². The van der Waals surface area contributed by atoms with Gasteiger partial charge in [0, 0.05) is 16.0 Å². The third kappa shape index (κ3) is 2.71. The molecule has 0 spiro atoms. The highest BCUT2D eigenvalue weighted by atomic mass is 79.9. The minimum Gasteiger partial charge on any atom is -0.329 e. The second kappa shape index (κ2) is 5.59. The van der Waals surface area contributed by atoms with E-state index in [1.807, 2.05) is 6.07 Å². The van der Waals surface area contributed by atoms with E-state index in [2.05, 4.69) is 21.2 Å². The van der Waals surface area contributed by atoms with E-state index in [1.165, 1.54) is 0 Å². The van der Waals surface area contributed by atoms with Crippen molar-refractivity contribution in [1.29, 1.82) is 0 Å². The molecule has 1 aromatic rings. The van der Waals surface area contributed by atoms with Crippen molar-refractivity contribution in [2.45, 2.75) is 25.7 Å². The van der Waals surface area contributed by atoms with E-state index < -0.39 is 5.41 Å². The van der Waals surface area contributed by atoms with Gasteiger partial charge in [0.25, 0.3) is 0 Å². The molecule has 18 heavy (non-hydrogen) atoms. The Kier molecular flexibility index (Phi) is 4.30. The average molecular weight is 332 g/mol. The molecule has 1 aliphatic rings. The van der Waals surface area contributed by atoms with Crippen LogP contribution in [0.5, 0.6) is 0 Å². The van der Waals surface area contributed by atoms with Crippen molar-refractivity contribution in [1.82, 2.24) is 0 Å². The molecule has 0 radical (unpaired) electrons. The van der Waals surface area contributed by atoms with Crippen molar-refractivity contribution in [2.75, 3.05) is 11.9 Å². The normalized spacial score (nSPS) is 17.7. The van der Waals surface area contributed by atoms with E-state index in [0.29, 0.717) is 17.3 Å². The second-order valence-corrected chi connectivity index (χ2v) is 6.06. The number of carbonyl (C=O) groups excluding carboxylic acids is 1. The van der Waals surface area contributed by atoms with Crippen LogP contribution in [0, 0.1) is 5.41 Å². The molecule has 0 atom stereocenters. The van der Waals surface area contributed by atoms with Crippen molar-refractivity contribution in [3.8, 4) is 0 Å². The van der Waals surface area contributed by atoms with E-state index in [-0.39, 0.29) is 5.91 Å². The maximum Gasteiger partial charge on any atom is 0.231 e. The molecular formula is C13H16BrClN2O. The molecule has 0 saturated heterocycles. The lowest BCUT2D eigenvalue weighted by molar-refractivity contribution is -0.124. The molecule has 98 valence electrons. The Morgan fingerprint density at radius 3 is 2.72 bits per heavy atom. The van der Waals surface area contributed by atoms with Gasteiger partial charge in [0.15, 0.2) is 0 Å². The summed E-state index contributed by atoms with van der Waals surface area (Å²) in [6, 6.07) is 5.33. The van der Waals surface area contributed by atoms with E-state index in [1.54, 1.807) is 12.1 Å². The van der Waals surface area contributed by atoms with Gasteiger partial charge < -0.3 is 11.1 Å². The SMILES string of the molecule is NCC1(C(=O)Nc2cc(Cl)ccc2Br)CCCC1. The number of carbonyl (C=O) groups is 1. The summed E-state index contributed by atoms with van der Waals surface area (Å²) in [5.41, 5.74) is 6.09. The van der Waals surface area contributed by atoms with Crippen LogP contribution in [0.15, 0.2) is 22.7 Å². The van der Waals surface area contributed by atoms with E-state index in [0.717, 1.165) is 30.2 Å². The number of hydrogen-bond acceptors (Lipinski definition) is 2. The quantitative estimate of drug-likeness (QED) is 0.890. The van der Waals surface area contributed by atoms with Crippen LogP contribution in [0.4, 0.5) is 5.69 Å². The van der Waals surface area contributed by atoms with Gasteiger partial charge >= 0.3 is 0 Å². The van der Waals surface area contributed by atoms with Crippen LogP contribution in [0.25, 0.3) is 0 Å². The van der Waals surface area contributed by atoms with Crippen molar-refractivity contribution in [2.24, 2.45) is 11.1 Å². The minimum absolute atomic E-state index is 0.00506. The first-order valence-corrected chi connectivity index (χ1v) is 7.21. The highest BCUT2D eigenvalue weighted by Crippen LogP contribution is 2.39. The summed E-state index contributed by atoms with van der Waals surface area (Å²) < 4.78 is 0.824. The van der Waals surface area contributed by atoms with E-state index >= 15 is 0 Å². The number of benzene rings is 1. The first-order chi connectivity index (χ1) is 8.57. The molecule has 0 aromatic heterocycles. The topological polar surface area (TPSA) is 55.1 Å². The first kappa shape index (κ1) is 13.8. The Morgan fingerprint density at radius 1 is 1.44 bits per heavy atom. The summed E-state index contributed by atoms with van der Waals surface area (Å²) >= 11 is 9.33. The Labute approximate surface area is 120 Å². The van der Waals surface area contributed by atoms with Gasteiger partial charge in [0.1, 0.15) is 0 Å². The fourth-order valence-corrected chi connectivity index (χ4v) is 2.94. The van der Waals surface area contributed by atoms with Crippen molar-refractivity contribution < 1.29 is 4.79 Å². The molecule has 5 heteroatoms. The van der Waals surface area contributed by atoms with Crippen LogP contribution in [0.1, 0.15) is 25.7 Å². The number of amides is 1. The molecule has 1 amide bonds. The zero-order valence-electron chi connectivity index (χ0n) is 10.0. The fraction of sp³-hybridized carbons (Fsp3) is 0.462. The Balaban J connectivity index is 2.18. The summed E-state index contributed by atoms with van der Waals surface area (Å²) in [6.45, 7) is 0.400. The molecule has 0 aliphatic heterocycles. The molecule has 1 aromatic carbocycles. The zero-order chi connectivity index (χ0) is 13.2. The fourth-order valence-electron chi connectivity index (χ4n) is 2.42. The lowest BCUT2D eigenvalue weighted by Crippen LogP contribution is -2.40. The predicted octanol–water partition coefficient (Wildman–Crippen LogP) is 3.56. The third-order valence-corrected chi connectivity index (χ3v) is 4.54. The molecule has 0 unspecified atom stereocenters. The van der Waals surface area contributed by atoms with Gasteiger partial charge in [0.2, 0.25) is 5.91 Å². The average Bonchev–Trinajstić information content (AvgIpc) is 2.84. The van der Waals surface area contributed by atoms with Gasteiger partial charge in [-0.2, -0.15) is 0 Å². The molecule has 3 nitrogen and oxygen atoms in total. The summed E-state index contributed by atoms with van der Waals surface area (Å²) in [7, 11) is 0. The molecule has 3 N–H and O–H groups in total. The van der Waals surface area contributed by atoms with Gasteiger partial charge in [-0.3, -0.25) is 4.79 Å². The van der Waals surface area contributed by atoms with Crippen molar-refractivity contribution in [3.63, 3.8) is 0 Å². The number of hydrogen-bond donors (Lipinski definition) is 2. The molecule has 2 rings (SSSR count). The highest BCUT2D eigenvalue weighted by molar-refractivity contribution is 9.10. The van der Waals surface area contributed by atoms with Crippen LogP contribution < -0.4 is 11.1 Å². The molecular weight excluding hydrogens is 316 g/mol. The van der Waals surface area contributed by atoms with Gasteiger partial charge in [-0.25, -0.2) is 0 Å². The monoisotopic (exact) mass is 330 g/mol. The standard InChI is InChI=1S/C13H16BrClN2O/c14-10-4-3-9(15)7-11(10)17-12(18)13(8-16)5-1-2-6-13/h3-4,7H,1-2,5-6,8,16H2,(H,17,18). The second-order valence-electron chi connectivity index (χ2n) is 4.77. The van der Waals surface area contributed by atoms with Crippen LogP contribution in [-0.2, 0) is 4.79 Å². The van der Waals surface area contributed by atoms with Crippen LogP contribution >= 0.6 is 27.5 Å². The van der Waals surface area contributed by atoms with Gasteiger partial charge in [-0.15, -0.1) is 0 Å². The number of halogens is 2. The van der Waals surface area contributed by atoms with Crippen molar-refractivity contribution >= 4 is 39.1 Å². The lowest BCUT2D eigenvalue weighted by Gasteiger charge is -2.26. The molecule has 1 aliphatic carbocycles. The Hall–Kier alpha value is -0.580. The molecule has 0 heterocycles. The minimum atomic E-state index is -0.401. The van der Waals surface area contributed by atoms with Gasteiger partial charge in [-0.05, 0) is 47.0 Å². The summed E-state index contributed by atoms with van der Waals surface area (Å²) in [6.07, 6.45) is 3.88. The maximum absolute atomic E-state index is 12.4. The Morgan fingerprint density at radius 2 is 2.11 bits per heavy atom. The lowest BCUT2D eigenvalue weighted by atomic mass is 9.85.